The van der Waals surface area contributed by atoms with Crippen LogP contribution in [0.5, 0.6) is 0 Å². The van der Waals surface area contributed by atoms with Crippen molar-refractivity contribution in [2.45, 2.75) is 35.9 Å². The van der Waals surface area contributed by atoms with Gasteiger partial charge < -0.3 is 45.3 Å². The second-order valence-electron chi connectivity index (χ2n) is 7.30. The summed E-state index contributed by atoms with van der Waals surface area (Å²) in [4.78, 5) is 21.6. The third-order valence-electron chi connectivity index (χ3n) is 4.22. The Hall–Kier alpha value is -2.53. The largest absolute Gasteiger partial charge is 0.466 e. The van der Waals surface area contributed by atoms with Gasteiger partial charge >= 0.3 is 7.82 Å². The first kappa shape index (κ1) is 38.5. The van der Waals surface area contributed by atoms with Crippen LogP contribution in [0.4, 0.5) is 52.7 Å². The van der Waals surface area contributed by atoms with Crippen LogP contribution in [-0.2, 0) is 4.57 Å². The van der Waals surface area contributed by atoms with Gasteiger partial charge in [-0.05, 0) is 18.2 Å². The first-order valence-electron chi connectivity index (χ1n) is 9.48. The highest BCUT2D eigenvalue weighted by Crippen LogP contribution is 2.38. The summed E-state index contributed by atoms with van der Waals surface area (Å²) in [6.07, 6.45) is -7.18. The van der Waals surface area contributed by atoms with Gasteiger partial charge in [0.1, 0.15) is 18.3 Å². The summed E-state index contributed by atoms with van der Waals surface area (Å²) in [5.41, 5.74) is 0. The fourth-order valence-corrected chi connectivity index (χ4v) is 2.13. The molecule has 0 amide bonds. The molecule has 23 heteroatoms. The molecule has 9 N–H and O–H groups in total. The molecule has 0 bridgehead atoms. The first-order chi connectivity index (χ1) is 18.1. The Labute approximate surface area is 217 Å². The van der Waals surface area contributed by atoms with E-state index in [0.29, 0.717) is 0 Å². The monoisotopic (exact) mass is 650 g/mol. The second kappa shape index (κ2) is 13.6. The summed E-state index contributed by atoms with van der Waals surface area (Å²) in [7, 11) is -4.64. The normalized spacial score (nSPS) is 33.8. The average Bonchev–Trinajstić information content (AvgIpc) is 2.82. The minimum absolute atomic E-state index is 0.0401. The summed E-state index contributed by atoms with van der Waals surface area (Å²) < 4.78 is 156. The quantitative estimate of drug-likeness (QED) is 0.138. The van der Waals surface area contributed by atoms with Gasteiger partial charge in [-0.1, -0.05) is 0 Å². The zero-order chi connectivity index (χ0) is 33.0. The predicted octanol–water partition coefficient (Wildman–Crippen LogP) is 2.14. The lowest BCUT2D eigenvalue weighted by molar-refractivity contribution is -0.140. The topological polar surface area (TPSA) is 199 Å². The van der Waals surface area contributed by atoms with E-state index in [1.165, 1.54) is 0 Å². The van der Waals surface area contributed by atoms with Gasteiger partial charge in [-0.15, -0.1) is 0 Å². The Kier molecular flexibility index (Phi) is 12.8. The van der Waals surface area contributed by atoms with E-state index in [0.717, 1.165) is 0 Å². The fraction of sp³-hybridized carbons (Fsp3) is 0.333. The third-order valence-corrected chi connectivity index (χ3v) is 4.22. The molecule has 10 nitrogen and oxygen atoms in total. The molecule has 0 aromatic heterocycles. The van der Waals surface area contributed by atoms with E-state index >= 15 is 0 Å². The second-order valence-corrected chi connectivity index (χ2v) is 8.32. The van der Waals surface area contributed by atoms with Gasteiger partial charge in [0, 0.05) is 0 Å². The van der Waals surface area contributed by atoms with Gasteiger partial charge in [-0.2, -0.15) is 0 Å². The van der Waals surface area contributed by atoms with E-state index in [2.05, 4.69) is 0 Å². The number of aliphatic hydroxyl groups is 6. The third kappa shape index (κ3) is 9.77. The van der Waals surface area contributed by atoms with Crippen molar-refractivity contribution in [1.82, 2.24) is 0 Å². The smallest absolute Gasteiger partial charge is 0.382 e. The van der Waals surface area contributed by atoms with E-state index in [-0.39, 0.29) is 18.2 Å². The molecule has 0 radical (unpaired) electrons. The molecule has 3 aliphatic carbocycles. The number of rotatable bonds is 0. The Morgan fingerprint density at radius 3 is 0.805 bits per heavy atom. The zero-order valence-electron chi connectivity index (χ0n) is 18.9. The number of alkyl halides is 3. The first-order valence-corrected chi connectivity index (χ1v) is 11.0. The standard InChI is InChI=1S/3C6H4F4O2.H3O4P/c3*7-2-1-3(11)6(10,12)5(9)4(2)8;1-5(2,3)4/h3*1,3,11-12H;(H3,1,2,3,4). The Morgan fingerprint density at radius 1 is 0.512 bits per heavy atom. The summed E-state index contributed by atoms with van der Waals surface area (Å²) in [6.45, 7) is 0. The summed E-state index contributed by atoms with van der Waals surface area (Å²) in [5.74, 6) is -30.3. The van der Waals surface area contributed by atoms with Crippen molar-refractivity contribution in [3.05, 3.63) is 70.7 Å². The fourth-order valence-electron chi connectivity index (χ4n) is 2.13. The molecule has 0 saturated heterocycles. The van der Waals surface area contributed by atoms with Gasteiger partial charge in [0.2, 0.25) is 17.5 Å². The van der Waals surface area contributed by atoms with Crippen LogP contribution in [-0.4, -0.2) is 81.2 Å². The maximum Gasteiger partial charge on any atom is 0.466 e. The molecule has 41 heavy (non-hydrogen) atoms. The van der Waals surface area contributed by atoms with Crippen molar-refractivity contribution >= 4 is 7.82 Å². The number of phosphoric acid groups is 1. The van der Waals surface area contributed by atoms with E-state index in [4.69, 9.17) is 49.9 Å². The van der Waals surface area contributed by atoms with E-state index in [1.807, 2.05) is 0 Å². The molecule has 0 fully saturated rings. The number of allylic oxidation sites excluding steroid dienone is 6. The van der Waals surface area contributed by atoms with Crippen molar-refractivity contribution in [1.29, 1.82) is 0 Å². The summed E-state index contributed by atoms with van der Waals surface area (Å²) >= 11 is 0. The average molecular weight is 650 g/mol. The van der Waals surface area contributed by atoms with Crippen LogP contribution >= 0.6 is 7.82 Å². The van der Waals surface area contributed by atoms with E-state index in [9.17, 15) is 52.7 Å². The van der Waals surface area contributed by atoms with Crippen molar-refractivity contribution in [2.24, 2.45) is 0 Å². The number of hydrogen-bond donors (Lipinski definition) is 9. The van der Waals surface area contributed by atoms with Crippen LogP contribution < -0.4 is 0 Å². The Balaban J connectivity index is 0.000000541. The molecule has 6 unspecified atom stereocenters. The van der Waals surface area contributed by atoms with Crippen LogP contribution in [0.1, 0.15) is 0 Å². The maximum atomic E-state index is 12.5. The lowest BCUT2D eigenvalue weighted by atomic mass is 10.0. The highest BCUT2D eigenvalue weighted by atomic mass is 31.2. The highest BCUT2D eigenvalue weighted by Gasteiger charge is 2.48. The molecule has 0 spiro atoms. The van der Waals surface area contributed by atoms with Crippen LogP contribution in [0, 0.1) is 0 Å². The number of halogens is 12. The Morgan fingerprint density at radius 2 is 0.659 bits per heavy atom. The summed E-state index contributed by atoms with van der Waals surface area (Å²) in [5, 5.41) is 50.7. The molecule has 6 atom stereocenters. The Bertz CT molecular complexity index is 1090. The van der Waals surface area contributed by atoms with E-state index in [1.54, 1.807) is 0 Å². The maximum absolute atomic E-state index is 12.5. The molecule has 0 aromatic carbocycles. The van der Waals surface area contributed by atoms with Crippen LogP contribution in [0.15, 0.2) is 70.7 Å². The van der Waals surface area contributed by atoms with Crippen LogP contribution in [0.25, 0.3) is 0 Å². The molecule has 3 aliphatic rings. The SMILES string of the molecule is O=P(O)(O)O.OC1C=C(F)C(F)=C(F)C1(O)F.OC1C=C(F)C(F)=C(F)C1(O)F.OC1C=C(F)C(F)=C(F)C1(O)F. The molecule has 3 rings (SSSR count). The van der Waals surface area contributed by atoms with Gasteiger partial charge in [0.25, 0.3) is 17.6 Å². The molecule has 0 aromatic rings. The lowest BCUT2D eigenvalue weighted by Gasteiger charge is -2.23. The van der Waals surface area contributed by atoms with Crippen molar-refractivity contribution in [3.63, 3.8) is 0 Å². The molecular formula is C18H15F12O10P. The van der Waals surface area contributed by atoms with Crippen molar-refractivity contribution in [3.8, 4) is 0 Å². The van der Waals surface area contributed by atoms with Gasteiger partial charge in [-0.25, -0.2) is 57.3 Å². The molecule has 0 saturated carbocycles. The lowest BCUT2D eigenvalue weighted by Crippen LogP contribution is -2.39. The molecule has 236 valence electrons. The van der Waals surface area contributed by atoms with Crippen molar-refractivity contribution in [2.75, 3.05) is 0 Å². The van der Waals surface area contributed by atoms with E-state index < -0.39 is 96.1 Å². The summed E-state index contributed by atoms with van der Waals surface area (Å²) in [6, 6.07) is 0. The number of aliphatic hydroxyl groups excluding tert-OH is 3. The molecule has 0 heterocycles. The van der Waals surface area contributed by atoms with Gasteiger partial charge in [0.15, 0.2) is 35.0 Å². The van der Waals surface area contributed by atoms with Crippen LogP contribution in [0.2, 0.25) is 0 Å². The molecule has 0 aliphatic heterocycles. The minimum Gasteiger partial charge on any atom is -0.382 e. The minimum atomic E-state index is -4.64. The zero-order valence-corrected chi connectivity index (χ0v) is 19.8. The molecular weight excluding hydrogens is 635 g/mol. The van der Waals surface area contributed by atoms with Crippen LogP contribution in [0.3, 0.4) is 0 Å². The van der Waals surface area contributed by atoms with Crippen molar-refractivity contribution < 1.29 is 103 Å². The highest BCUT2D eigenvalue weighted by molar-refractivity contribution is 7.45. The van der Waals surface area contributed by atoms with Gasteiger partial charge in [0.05, 0.1) is 0 Å². The number of hydrogen-bond acceptors (Lipinski definition) is 7. The van der Waals surface area contributed by atoms with Gasteiger partial charge in [-0.3, -0.25) is 0 Å². The predicted molar refractivity (Wildman–Crippen MR) is 106 cm³/mol.